The SMILES string of the molecule is Fc1ncnc(Br)c1F. The van der Waals surface area contributed by atoms with Crippen molar-refractivity contribution in [2.24, 2.45) is 0 Å². The van der Waals surface area contributed by atoms with Crippen molar-refractivity contribution in [2.45, 2.75) is 0 Å². The first-order chi connectivity index (χ1) is 4.22. The van der Waals surface area contributed by atoms with Crippen LogP contribution >= 0.6 is 15.9 Å². The molecule has 2 nitrogen and oxygen atoms in total. The molecule has 0 aliphatic rings. The molecule has 0 atom stereocenters. The van der Waals surface area contributed by atoms with Crippen molar-refractivity contribution in [3.63, 3.8) is 0 Å². The standard InChI is InChI=1S/C4HBrF2N2/c5-3-2(6)4(7)9-1-8-3/h1H. The molecule has 0 bridgehead atoms. The van der Waals surface area contributed by atoms with E-state index < -0.39 is 11.8 Å². The quantitative estimate of drug-likeness (QED) is 0.586. The minimum atomic E-state index is -1.14. The van der Waals surface area contributed by atoms with Crippen molar-refractivity contribution in [3.05, 3.63) is 22.7 Å². The van der Waals surface area contributed by atoms with Crippen molar-refractivity contribution < 1.29 is 8.78 Å². The van der Waals surface area contributed by atoms with Crippen molar-refractivity contribution in [1.29, 1.82) is 0 Å². The van der Waals surface area contributed by atoms with E-state index in [-0.39, 0.29) is 4.60 Å². The monoisotopic (exact) mass is 194 g/mol. The summed E-state index contributed by atoms with van der Waals surface area (Å²) in [6.07, 6.45) is 0.933. The van der Waals surface area contributed by atoms with Gasteiger partial charge in [0.05, 0.1) is 0 Å². The molecule has 0 spiro atoms. The van der Waals surface area contributed by atoms with Crippen LogP contribution in [0, 0.1) is 11.8 Å². The summed E-state index contributed by atoms with van der Waals surface area (Å²) in [5.74, 6) is -2.20. The lowest BCUT2D eigenvalue weighted by Crippen LogP contribution is -1.91. The zero-order chi connectivity index (χ0) is 6.85. The third kappa shape index (κ3) is 1.21. The molecular weight excluding hydrogens is 194 g/mol. The van der Waals surface area contributed by atoms with Crippen LogP contribution in [0.5, 0.6) is 0 Å². The summed E-state index contributed by atoms with van der Waals surface area (Å²) in [6.45, 7) is 0. The first kappa shape index (κ1) is 6.54. The molecule has 1 heterocycles. The second-order valence-corrected chi connectivity index (χ2v) is 2.02. The van der Waals surface area contributed by atoms with E-state index >= 15 is 0 Å². The molecule has 0 fully saturated rings. The van der Waals surface area contributed by atoms with Crippen LogP contribution in [0.15, 0.2) is 10.9 Å². The Morgan fingerprint density at radius 2 is 2.00 bits per heavy atom. The summed E-state index contributed by atoms with van der Waals surface area (Å²) in [7, 11) is 0. The fourth-order valence-electron chi connectivity index (χ4n) is 0.329. The maximum Gasteiger partial charge on any atom is 0.253 e. The van der Waals surface area contributed by atoms with Gasteiger partial charge in [-0.1, -0.05) is 0 Å². The number of aromatic nitrogens is 2. The molecule has 0 aliphatic carbocycles. The number of hydrogen-bond donors (Lipinski definition) is 0. The van der Waals surface area contributed by atoms with Gasteiger partial charge in [-0.2, -0.15) is 8.78 Å². The highest BCUT2D eigenvalue weighted by molar-refractivity contribution is 9.10. The zero-order valence-corrected chi connectivity index (χ0v) is 5.69. The summed E-state index contributed by atoms with van der Waals surface area (Å²) >= 11 is 2.68. The Bertz CT molecular complexity index is 208. The number of hydrogen-bond acceptors (Lipinski definition) is 2. The van der Waals surface area contributed by atoms with Gasteiger partial charge in [-0.25, -0.2) is 9.97 Å². The van der Waals surface area contributed by atoms with E-state index in [4.69, 9.17) is 0 Å². The molecule has 0 unspecified atom stereocenters. The molecular formula is C4HBrF2N2. The largest absolute Gasteiger partial charge is 0.253 e. The third-order valence-electron chi connectivity index (χ3n) is 0.704. The van der Waals surface area contributed by atoms with Crippen molar-refractivity contribution in [2.75, 3.05) is 0 Å². The first-order valence-electron chi connectivity index (χ1n) is 2.03. The second kappa shape index (κ2) is 2.34. The third-order valence-corrected chi connectivity index (χ3v) is 1.26. The van der Waals surface area contributed by atoms with E-state index in [0.29, 0.717) is 0 Å². The predicted octanol–water partition coefficient (Wildman–Crippen LogP) is 1.52. The molecule has 0 N–H and O–H groups in total. The molecule has 1 aromatic rings. The zero-order valence-electron chi connectivity index (χ0n) is 4.11. The highest BCUT2D eigenvalue weighted by atomic mass is 79.9. The van der Waals surface area contributed by atoms with E-state index in [0.717, 1.165) is 6.33 Å². The van der Waals surface area contributed by atoms with Gasteiger partial charge in [-0.05, 0) is 15.9 Å². The Kier molecular flexibility index (Phi) is 1.70. The number of rotatable bonds is 0. The summed E-state index contributed by atoms with van der Waals surface area (Å²) < 4.78 is 24.0. The molecule has 48 valence electrons. The molecule has 0 aliphatic heterocycles. The smallest absolute Gasteiger partial charge is 0.226 e. The molecule has 0 amide bonds. The van der Waals surface area contributed by atoms with Crippen molar-refractivity contribution in [3.8, 4) is 0 Å². The minimum absolute atomic E-state index is 0.157. The summed E-state index contributed by atoms with van der Waals surface area (Å²) in [5.41, 5.74) is 0. The van der Waals surface area contributed by atoms with Crippen LogP contribution in [0.4, 0.5) is 8.78 Å². The summed E-state index contributed by atoms with van der Waals surface area (Å²) in [6, 6.07) is 0. The van der Waals surface area contributed by atoms with E-state index in [2.05, 4.69) is 25.9 Å². The topological polar surface area (TPSA) is 25.8 Å². The summed E-state index contributed by atoms with van der Waals surface area (Å²) in [4.78, 5) is 6.29. The summed E-state index contributed by atoms with van der Waals surface area (Å²) in [5, 5.41) is 0. The van der Waals surface area contributed by atoms with Crippen LogP contribution in [0.3, 0.4) is 0 Å². The Hall–Kier alpha value is -0.580. The van der Waals surface area contributed by atoms with Crippen LogP contribution in [-0.4, -0.2) is 9.97 Å². The van der Waals surface area contributed by atoms with E-state index in [1.807, 2.05) is 0 Å². The van der Waals surface area contributed by atoms with Gasteiger partial charge in [0, 0.05) is 0 Å². The van der Waals surface area contributed by atoms with Crippen LogP contribution in [0.1, 0.15) is 0 Å². The van der Waals surface area contributed by atoms with Gasteiger partial charge in [0.15, 0.2) is 0 Å². The highest BCUT2D eigenvalue weighted by Crippen LogP contribution is 2.11. The lowest BCUT2D eigenvalue weighted by atomic mass is 10.6. The molecule has 0 radical (unpaired) electrons. The lowest BCUT2D eigenvalue weighted by Gasteiger charge is -1.89. The van der Waals surface area contributed by atoms with E-state index in [1.165, 1.54) is 0 Å². The average molecular weight is 195 g/mol. The van der Waals surface area contributed by atoms with E-state index in [1.54, 1.807) is 0 Å². The van der Waals surface area contributed by atoms with Crippen LogP contribution in [0.2, 0.25) is 0 Å². The van der Waals surface area contributed by atoms with Gasteiger partial charge in [0.1, 0.15) is 10.9 Å². The van der Waals surface area contributed by atoms with E-state index in [9.17, 15) is 8.78 Å². The molecule has 9 heavy (non-hydrogen) atoms. The number of nitrogens with zero attached hydrogens (tertiary/aromatic N) is 2. The lowest BCUT2D eigenvalue weighted by molar-refractivity contribution is 0.467. The normalized spacial score (nSPS) is 9.67. The Labute approximate surface area is 58.1 Å². The fourth-order valence-corrected chi connectivity index (χ4v) is 0.584. The van der Waals surface area contributed by atoms with Gasteiger partial charge in [0.25, 0.3) is 5.95 Å². The van der Waals surface area contributed by atoms with Gasteiger partial charge in [-0.3, -0.25) is 0 Å². The maximum absolute atomic E-state index is 12.2. The first-order valence-corrected chi connectivity index (χ1v) is 2.82. The molecule has 0 aromatic carbocycles. The number of halogens is 3. The van der Waals surface area contributed by atoms with Crippen molar-refractivity contribution in [1.82, 2.24) is 9.97 Å². The predicted molar refractivity (Wildman–Crippen MR) is 29.6 cm³/mol. The van der Waals surface area contributed by atoms with Crippen LogP contribution < -0.4 is 0 Å². The van der Waals surface area contributed by atoms with Crippen LogP contribution in [-0.2, 0) is 0 Å². The fraction of sp³-hybridized carbons (Fsp3) is 0. The molecule has 0 saturated heterocycles. The average Bonchev–Trinajstić information content (AvgIpc) is 1.83. The molecule has 1 aromatic heterocycles. The Morgan fingerprint density at radius 3 is 2.44 bits per heavy atom. The van der Waals surface area contributed by atoms with Crippen LogP contribution in [0.25, 0.3) is 0 Å². The Morgan fingerprint density at radius 1 is 1.33 bits per heavy atom. The van der Waals surface area contributed by atoms with Gasteiger partial charge >= 0.3 is 0 Å². The molecule has 0 saturated carbocycles. The maximum atomic E-state index is 12.2. The molecule has 1 rings (SSSR count). The Balaban J connectivity index is 3.25. The highest BCUT2D eigenvalue weighted by Gasteiger charge is 2.05. The van der Waals surface area contributed by atoms with Gasteiger partial charge in [-0.15, -0.1) is 0 Å². The van der Waals surface area contributed by atoms with Crippen molar-refractivity contribution >= 4 is 15.9 Å². The minimum Gasteiger partial charge on any atom is -0.226 e. The molecule has 5 heteroatoms. The second-order valence-electron chi connectivity index (χ2n) is 1.27. The van der Waals surface area contributed by atoms with Gasteiger partial charge < -0.3 is 0 Å². The van der Waals surface area contributed by atoms with Gasteiger partial charge in [0.2, 0.25) is 5.82 Å².